The number of nitrogens with zero attached hydrogens (tertiary/aromatic N) is 1. The van der Waals surface area contributed by atoms with E-state index in [1.54, 1.807) is 6.07 Å². The number of rotatable bonds is 3. The average Bonchev–Trinajstić information content (AvgIpc) is 3.05. The van der Waals surface area contributed by atoms with Crippen molar-refractivity contribution >= 4 is 43.9 Å². The number of amides is 1. The highest BCUT2D eigenvalue weighted by atomic mass is 32.1. The van der Waals surface area contributed by atoms with Crippen LogP contribution in [0.4, 0.5) is 18.3 Å². The van der Waals surface area contributed by atoms with Gasteiger partial charge in [0.15, 0.2) is 5.13 Å². The predicted molar refractivity (Wildman–Crippen MR) is 81.3 cm³/mol. The molecule has 22 heavy (non-hydrogen) atoms. The van der Waals surface area contributed by atoms with Crippen LogP contribution in [0.15, 0.2) is 35.7 Å². The van der Waals surface area contributed by atoms with Gasteiger partial charge in [0.2, 0.25) is 5.91 Å². The molecule has 8 heteroatoms. The Kier molecular flexibility index (Phi) is 3.88. The standard InChI is InChI=1S/C14H9F3N2OS2/c15-14(16,17)9-4-1-5-10-12(9)19-13(22-10)18-11(20)7-8-3-2-6-21-8/h1-6H,7H2,(H,18,19,20). The highest BCUT2D eigenvalue weighted by Gasteiger charge is 2.33. The minimum Gasteiger partial charge on any atom is -0.302 e. The zero-order valence-electron chi connectivity index (χ0n) is 11.0. The van der Waals surface area contributed by atoms with Gasteiger partial charge in [0.05, 0.1) is 22.2 Å². The number of hydrogen-bond acceptors (Lipinski definition) is 4. The molecule has 3 aromatic rings. The van der Waals surface area contributed by atoms with Crippen LogP contribution in [0.3, 0.4) is 0 Å². The van der Waals surface area contributed by atoms with Crippen molar-refractivity contribution in [2.24, 2.45) is 0 Å². The van der Waals surface area contributed by atoms with Gasteiger partial charge in [0.25, 0.3) is 0 Å². The maximum atomic E-state index is 12.9. The minimum absolute atomic E-state index is 0.133. The summed E-state index contributed by atoms with van der Waals surface area (Å²) in [6, 6.07) is 7.53. The molecular weight excluding hydrogens is 333 g/mol. The molecule has 2 aromatic heterocycles. The first-order valence-corrected chi connectivity index (χ1v) is 7.92. The number of aromatic nitrogens is 1. The number of hydrogen-bond donors (Lipinski definition) is 1. The fourth-order valence-electron chi connectivity index (χ4n) is 1.97. The van der Waals surface area contributed by atoms with Crippen LogP contribution in [0.25, 0.3) is 10.2 Å². The third kappa shape index (κ3) is 3.12. The number of fused-ring (bicyclic) bond motifs is 1. The SMILES string of the molecule is O=C(Cc1cccs1)Nc1nc2c(C(F)(F)F)cccc2s1. The average molecular weight is 342 g/mol. The number of thiophene rings is 1. The van der Waals surface area contributed by atoms with Crippen molar-refractivity contribution in [1.82, 2.24) is 4.98 Å². The largest absolute Gasteiger partial charge is 0.418 e. The summed E-state index contributed by atoms with van der Waals surface area (Å²) in [5, 5.41) is 4.59. The summed E-state index contributed by atoms with van der Waals surface area (Å²) < 4.78 is 39.2. The molecule has 0 bridgehead atoms. The van der Waals surface area contributed by atoms with Crippen molar-refractivity contribution in [1.29, 1.82) is 0 Å². The second kappa shape index (κ2) is 5.69. The molecule has 0 saturated carbocycles. The molecule has 0 unspecified atom stereocenters. The molecule has 0 aliphatic heterocycles. The smallest absolute Gasteiger partial charge is 0.302 e. The highest BCUT2D eigenvalue weighted by Crippen LogP contribution is 2.37. The van der Waals surface area contributed by atoms with Gasteiger partial charge in [-0.2, -0.15) is 13.2 Å². The number of para-hydroxylation sites is 1. The monoisotopic (exact) mass is 342 g/mol. The lowest BCUT2D eigenvalue weighted by molar-refractivity contribution is -0.136. The van der Waals surface area contributed by atoms with Gasteiger partial charge < -0.3 is 5.32 Å². The predicted octanol–water partition coefficient (Wildman–Crippen LogP) is 4.56. The lowest BCUT2D eigenvalue weighted by Crippen LogP contribution is -2.13. The third-order valence-electron chi connectivity index (χ3n) is 2.89. The molecular formula is C14H9F3N2OS2. The molecule has 0 aliphatic rings. The van der Waals surface area contributed by atoms with Crippen LogP contribution >= 0.6 is 22.7 Å². The number of halogens is 3. The number of thiazole rings is 1. The first-order valence-electron chi connectivity index (χ1n) is 6.22. The number of carbonyl (C=O) groups is 1. The molecule has 1 N–H and O–H groups in total. The van der Waals surface area contributed by atoms with Crippen LogP contribution in [-0.4, -0.2) is 10.9 Å². The molecule has 0 radical (unpaired) electrons. The number of carbonyl (C=O) groups excluding carboxylic acids is 1. The molecule has 0 saturated heterocycles. The van der Waals surface area contributed by atoms with E-state index in [4.69, 9.17) is 0 Å². The van der Waals surface area contributed by atoms with Crippen LogP contribution in [-0.2, 0) is 17.4 Å². The molecule has 3 rings (SSSR count). The fourth-order valence-corrected chi connectivity index (χ4v) is 3.58. The second-order valence-electron chi connectivity index (χ2n) is 4.47. The molecule has 0 spiro atoms. The Morgan fingerprint density at radius 3 is 2.73 bits per heavy atom. The van der Waals surface area contributed by atoms with E-state index >= 15 is 0 Å². The summed E-state index contributed by atoms with van der Waals surface area (Å²) in [5.41, 5.74) is -0.925. The summed E-state index contributed by atoms with van der Waals surface area (Å²) in [6.45, 7) is 0. The van der Waals surface area contributed by atoms with E-state index in [-0.39, 0.29) is 23.0 Å². The molecule has 0 aliphatic carbocycles. The summed E-state index contributed by atoms with van der Waals surface area (Å²) in [5.74, 6) is -0.296. The lowest BCUT2D eigenvalue weighted by atomic mass is 10.2. The van der Waals surface area contributed by atoms with Crippen molar-refractivity contribution in [2.75, 3.05) is 5.32 Å². The Morgan fingerprint density at radius 1 is 1.23 bits per heavy atom. The Morgan fingerprint density at radius 2 is 2.05 bits per heavy atom. The fraction of sp³-hybridized carbons (Fsp3) is 0.143. The molecule has 2 heterocycles. The molecule has 1 aromatic carbocycles. The van der Waals surface area contributed by atoms with Crippen LogP contribution in [0.1, 0.15) is 10.4 Å². The second-order valence-corrected chi connectivity index (χ2v) is 6.54. The van der Waals surface area contributed by atoms with Crippen molar-refractivity contribution < 1.29 is 18.0 Å². The molecule has 1 amide bonds. The quantitative estimate of drug-likeness (QED) is 0.758. The molecule has 0 atom stereocenters. The molecule has 0 fully saturated rings. The number of alkyl halides is 3. The summed E-state index contributed by atoms with van der Waals surface area (Å²) >= 11 is 2.47. The van der Waals surface area contributed by atoms with E-state index in [0.29, 0.717) is 4.70 Å². The maximum Gasteiger partial charge on any atom is 0.418 e. The minimum atomic E-state index is -4.47. The first-order chi connectivity index (χ1) is 10.4. The van der Waals surface area contributed by atoms with Gasteiger partial charge in [-0.1, -0.05) is 23.5 Å². The van der Waals surface area contributed by atoms with Crippen LogP contribution in [0.5, 0.6) is 0 Å². The van der Waals surface area contributed by atoms with Gasteiger partial charge in [0, 0.05) is 4.88 Å². The van der Waals surface area contributed by atoms with E-state index in [1.807, 2.05) is 17.5 Å². The number of benzene rings is 1. The highest BCUT2D eigenvalue weighted by molar-refractivity contribution is 7.22. The summed E-state index contributed by atoms with van der Waals surface area (Å²) in [7, 11) is 0. The van der Waals surface area contributed by atoms with Crippen LogP contribution in [0.2, 0.25) is 0 Å². The zero-order chi connectivity index (χ0) is 15.7. The maximum absolute atomic E-state index is 12.9. The Bertz CT molecular complexity index is 809. The van der Waals surface area contributed by atoms with E-state index in [9.17, 15) is 18.0 Å². The zero-order valence-corrected chi connectivity index (χ0v) is 12.6. The Hall–Kier alpha value is -1.93. The van der Waals surface area contributed by atoms with Gasteiger partial charge >= 0.3 is 6.18 Å². The summed E-state index contributed by atoms with van der Waals surface area (Å²) in [4.78, 5) is 16.7. The van der Waals surface area contributed by atoms with Crippen molar-refractivity contribution in [3.63, 3.8) is 0 Å². The lowest BCUT2D eigenvalue weighted by Gasteiger charge is -2.06. The third-order valence-corrected chi connectivity index (χ3v) is 4.70. The van der Waals surface area contributed by atoms with E-state index in [0.717, 1.165) is 22.3 Å². The van der Waals surface area contributed by atoms with Gasteiger partial charge in [-0.15, -0.1) is 11.3 Å². The van der Waals surface area contributed by atoms with Gasteiger partial charge in [0.1, 0.15) is 0 Å². The van der Waals surface area contributed by atoms with Crippen LogP contribution in [0, 0.1) is 0 Å². The number of anilines is 1. The first kappa shape index (κ1) is 15.0. The normalized spacial score (nSPS) is 11.8. The Labute approximate surface area is 131 Å². The van der Waals surface area contributed by atoms with E-state index in [1.165, 1.54) is 17.4 Å². The van der Waals surface area contributed by atoms with Crippen LogP contribution < -0.4 is 5.32 Å². The van der Waals surface area contributed by atoms with Crippen molar-refractivity contribution in [3.05, 3.63) is 46.2 Å². The molecule has 3 nitrogen and oxygen atoms in total. The van der Waals surface area contributed by atoms with Gasteiger partial charge in [-0.05, 0) is 23.6 Å². The summed E-state index contributed by atoms with van der Waals surface area (Å²) in [6.07, 6.45) is -4.29. The topological polar surface area (TPSA) is 42.0 Å². The molecule has 114 valence electrons. The van der Waals surface area contributed by atoms with E-state index < -0.39 is 11.7 Å². The Balaban J connectivity index is 1.85. The van der Waals surface area contributed by atoms with Gasteiger partial charge in [-0.25, -0.2) is 4.98 Å². The van der Waals surface area contributed by atoms with E-state index in [2.05, 4.69) is 10.3 Å². The van der Waals surface area contributed by atoms with Crippen molar-refractivity contribution in [3.8, 4) is 0 Å². The van der Waals surface area contributed by atoms with Crippen molar-refractivity contribution in [2.45, 2.75) is 12.6 Å². The van der Waals surface area contributed by atoms with Gasteiger partial charge in [-0.3, -0.25) is 4.79 Å². The number of nitrogens with one attached hydrogen (secondary N) is 1.